The lowest BCUT2D eigenvalue weighted by Gasteiger charge is -2.16. The lowest BCUT2D eigenvalue weighted by molar-refractivity contribution is -0.113. The Kier molecular flexibility index (Phi) is 6.75. The SMILES string of the molecule is Cc1ccc(-c2csc(NC(=O)CSc3nc4ccccc4c(=O)n3CC3CCCO3)n2)cc1. The number of aromatic nitrogens is 3. The van der Waals surface area contributed by atoms with Gasteiger partial charge in [0, 0.05) is 17.6 Å². The molecule has 2 aromatic carbocycles. The Morgan fingerprint density at radius 3 is 2.82 bits per heavy atom. The van der Waals surface area contributed by atoms with Gasteiger partial charge in [0.15, 0.2) is 10.3 Å². The molecule has 5 rings (SSSR count). The zero-order valence-electron chi connectivity index (χ0n) is 18.7. The number of para-hydroxylation sites is 1. The topological polar surface area (TPSA) is 86.1 Å². The average molecular weight is 493 g/mol. The summed E-state index contributed by atoms with van der Waals surface area (Å²) < 4.78 is 7.39. The first-order valence-electron chi connectivity index (χ1n) is 11.1. The molecule has 1 amide bonds. The van der Waals surface area contributed by atoms with E-state index >= 15 is 0 Å². The fourth-order valence-corrected chi connectivity index (χ4v) is 5.43. The summed E-state index contributed by atoms with van der Waals surface area (Å²) in [4.78, 5) is 35.1. The fourth-order valence-electron chi connectivity index (χ4n) is 3.88. The Hall–Kier alpha value is -3.01. The van der Waals surface area contributed by atoms with Crippen molar-refractivity contribution in [3.05, 3.63) is 69.8 Å². The Bertz CT molecular complexity index is 1380. The molecular formula is C25H24N4O3S2. The molecule has 0 aliphatic carbocycles. The van der Waals surface area contributed by atoms with Crippen LogP contribution in [0.4, 0.5) is 5.13 Å². The van der Waals surface area contributed by atoms with Gasteiger partial charge in [-0.25, -0.2) is 9.97 Å². The molecule has 2 aromatic heterocycles. The second-order valence-electron chi connectivity index (χ2n) is 8.20. The molecule has 1 aliphatic rings. The average Bonchev–Trinajstić information content (AvgIpc) is 3.53. The second kappa shape index (κ2) is 10.1. The molecule has 0 bridgehead atoms. The molecule has 4 aromatic rings. The highest BCUT2D eigenvalue weighted by atomic mass is 32.2. The monoisotopic (exact) mass is 492 g/mol. The van der Waals surface area contributed by atoms with E-state index in [4.69, 9.17) is 4.74 Å². The van der Waals surface area contributed by atoms with E-state index in [1.165, 1.54) is 28.7 Å². The molecular weight excluding hydrogens is 468 g/mol. The molecule has 174 valence electrons. The first-order valence-corrected chi connectivity index (χ1v) is 13.0. The van der Waals surface area contributed by atoms with Crippen molar-refractivity contribution in [1.29, 1.82) is 0 Å². The van der Waals surface area contributed by atoms with Crippen LogP contribution in [-0.2, 0) is 16.1 Å². The van der Waals surface area contributed by atoms with Crippen LogP contribution in [0.5, 0.6) is 0 Å². The van der Waals surface area contributed by atoms with Gasteiger partial charge in [-0.1, -0.05) is 53.7 Å². The number of nitrogens with zero attached hydrogens (tertiary/aromatic N) is 3. The van der Waals surface area contributed by atoms with Crippen molar-refractivity contribution in [3.63, 3.8) is 0 Å². The van der Waals surface area contributed by atoms with Crippen LogP contribution in [0.15, 0.2) is 63.9 Å². The molecule has 3 heterocycles. The van der Waals surface area contributed by atoms with E-state index in [1.54, 1.807) is 10.6 Å². The summed E-state index contributed by atoms with van der Waals surface area (Å²) in [6, 6.07) is 15.4. The van der Waals surface area contributed by atoms with Crippen LogP contribution >= 0.6 is 23.1 Å². The number of aryl methyl sites for hydroxylation is 1. The summed E-state index contributed by atoms with van der Waals surface area (Å²) in [5.41, 5.74) is 3.54. The van der Waals surface area contributed by atoms with Gasteiger partial charge in [0.25, 0.3) is 5.56 Å². The van der Waals surface area contributed by atoms with E-state index in [2.05, 4.69) is 15.3 Å². The van der Waals surface area contributed by atoms with Gasteiger partial charge in [0.05, 0.1) is 35.0 Å². The number of hydrogen-bond donors (Lipinski definition) is 1. The number of anilines is 1. The lowest BCUT2D eigenvalue weighted by Crippen LogP contribution is -2.29. The molecule has 0 spiro atoms. The fraction of sp³-hybridized carbons (Fsp3) is 0.280. The number of fused-ring (bicyclic) bond motifs is 1. The number of amides is 1. The number of benzene rings is 2. The predicted molar refractivity (Wildman–Crippen MR) is 137 cm³/mol. The zero-order valence-corrected chi connectivity index (χ0v) is 20.3. The van der Waals surface area contributed by atoms with Crippen molar-refractivity contribution in [2.75, 3.05) is 17.7 Å². The minimum atomic E-state index is -0.194. The van der Waals surface area contributed by atoms with Gasteiger partial charge in [-0.15, -0.1) is 11.3 Å². The van der Waals surface area contributed by atoms with Crippen molar-refractivity contribution in [3.8, 4) is 11.3 Å². The quantitative estimate of drug-likeness (QED) is 0.296. The van der Waals surface area contributed by atoms with Gasteiger partial charge in [0.1, 0.15) is 0 Å². The number of ether oxygens (including phenoxy) is 1. The molecule has 1 saturated heterocycles. The highest BCUT2D eigenvalue weighted by Crippen LogP contribution is 2.26. The Morgan fingerprint density at radius 2 is 2.03 bits per heavy atom. The minimum Gasteiger partial charge on any atom is -0.376 e. The summed E-state index contributed by atoms with van der Waals surface area (Å²) >= 11 is 2.64. The summed E-state index contributed by atoms with van der Waals surface area (Å²) in [7, 11) is 0. The number of thiazole rings is 1. The largest absolute Gasteiger partial charge is 0.376 e. The Morgan fingerprint density at radius 1 is 1.21 bits per heavy atom. The maximum Gasteiger partial charge on any atom is 0.262 e. The van der Waals surface area contributed by atoms with Crippen LogP contribution < -0.4 is 10.9 Å². The van der Waals surface area contributed by atoms with Gasteiger partial charge in [-0.05, 0) is 31.9 Å². The summed E-state index contributed by atoms with van der Waals surface area (Å²) in [5.74, 6) is -0.0728. The molecule has 34 heavy (non-hydrogen) atoms. The van der Waals surface area contributed by atoms with Crippen molar-refractivity contribution in [2.45, 2.75) is 37.6 Å². The number of carbonyl (C=O) groups is 1. The van der Waals surface area contributed by atoms with E-state index in [-0.39, 0.29) is 23.3 Å². The van der Waals surface area contributed by atoms with Crippen LogP contribution in [0.1, 0.15) is 18.4 Å². The number of rotatable bonds is 7. The van der Waals surface area contributed by atoms with Crippen LogP contribution in [0.2, 0.25) is 0 Å². The summed E-state index contributed by atoms with van der Waals surface area (Å²) in [6.07, 6.45) is 1.89. The first-order chi connectivity index (χ1) is 16.6. The van der Waals surface area contributed by atoms with Gasteiger partial charge in [-0.2, -0.15) is 0 Å². The molecule has 7 nitrogen and oxygen atoms in total. The summed E-state index contributed by atoms with van der Waals surface area (Å²) in [5, 5.41) is 6.43. The maximum atomic E-state index is 13.2. The number of hydrogen-bond acceptors (Lipinski definition) is 7. The molecule has 1 fully saturated rings. The van der Waals surface area contributed by atoms with Crippen LogP contribution in [-0.4, -0.2) is 38.9 Å². The van der Waals surface area contributed by atoms with E-state index in [1.807, 2.05) is 54.8 Å². The molecule has 0 saturated carbocycles. The van der Waals surface area contributed by atoms with Crippen molar-refractivity contribution in [1.82, 2.24) is 14.5 Å². The third-order valence-electron chi connectivity index (χ3n) is 5.67. The van der Waals surface area contributed by atoms with Gasteiger partial charge < -0.3 is 10.1 Å². The first kappa shape index (κ1) is 22.8. The number of nitrogens with one attached hydrogen (secondary N) is 1. The normalized spacial score (nSPS) is 15.6. The Labute approximate surface area is 205 Å². The van der Waals surface area contributed by atoms with Gasteiger partial charge >= 0.3 is 0 Å². The molecule has 9 heteroatoms. The molecule has 0 radical (unpaired) electrons. The zero-order chi connectivity index (χ0) is 23.5. The molecule has 1 unspecified atom stereocenters. The second-order valence-corrected chi connectivity index (χ2v) is 10.0. The van der Waals surface area contributed by atoms with Crippen molar-refractivity contribution in [2.24, 2.45) is 0 Å². The van der Waals surface area contributed by atoms with E-state index in [0.717, 1.165) is 24.1 Å². The van der Waals surface area contributed by atoms with Gasteiger partial charge in [-0.3, -0.25) is 14.2 Å². The smallest absolute Gasteiger partial charge is 0.262 e. The van der Waals surface area contributed by atoms with Crippen LogP contribution in [0, 0.1) is 6.92 Å². The molecule has 1 N–H and O–H groups in total. The minimum absolute atomic E-state index is 0.00986. The van der Waals surface area contributed by atoms with E-state index in [0.29, 0.717) is 34.3 Å². The predicted octanol–water partition coefficient (Wildman–Crippen LogP) is 4.74. The number of carbonyl (C=O) groups excluding carboxylic acids is 1. The van der Waals surface area contributed by atoms with E-state index in [9.17, 15) is 9.59 Å². The van der Waals surface area contributed by atoms with Gasteiger partial charge in [0.2, 0.25) is 5.91 Å². The maximum absolute atomic E-state index is 13.2. The van der Waals surface area contributed by atoms with E-state index < -0.39 is 0 Å². The third-order valence-corrected chi connectivity index (χ3v) is 7.40. The highest BCUT2D eigenvalue weighted by Gasteiger charge is 2.21. The Balaban J connectivity index is 1.31. The molecule has 1 atom stereocenters. The number of thioether (sulfide) groups is 1. The standard InChI is InChI=1S/C25H24N4O3S2/c1-16-8-10-17(11-9-16)21-14-33-24(26-21)28-22(30)15-34-25-27-20-7-3-2-6-19(20)23(31)29(25)13-18-5-4-12-32-18/h2-3,6-11,14,18H,4-5,12-13,15H2,1H3,(H,26,28,30). The third kappa shape index (κ3) is 5.06. The lowest BCUT2D eigenvalue weighted by atomic mass is 10.1. The molecule has 1 aliphatic heterocycles. The van der Waals surface area contributed by atoms with Crippen molar-refractivity contribution < 1.29 is 9.53 Å². The van der Waals surface area contributed by atoms with Crippen molar-refractivity contribution >= 4 is 45.0 Å². The van der Waals surface area contributed by atoms with Crippen LogP contribution in [0.25, 0.3) is 22.2 Å². The summed E-state index contributed by atoms with van der Waals surface area (Å²) in [6.45, 7) is 3.19. The van der Waals surface area contributed by atoms with Crippen LogP contribution in [0.3, 0.4) is 0 Å². The highest BCUT2D eigenvalue weighted by molar-refractivity contribution is 7.99.